The number of hydrogen-bond donors (Lipinski definition) is 2. The van der Waals surface area contributed by atoms with Crippen LogP contribution in [-0.4, -0.2) is 46.4 Å². The molecule has 0 radical (unpaired) electrons. The van der Waals surface area contributed by atoms with E-state index in [1.165, 1.54) is 0 Å². The Kier molecular flexibility index (Phi) is 8.82. The van der Waals surface area contributed by atoms with Gasteiger partial charge < -0.3 is 20.1 Å². The zero-order valence-electron chi connectivity index (χ0n) is 12.6. The highest BCUT2D eigenvalue weighted by molar-refractivity contribution is 6.31. The Labute approximate surface area is 131 Å². The summed E-state index contributed by atoms with van der Waals surface area (Å²) in [6, 6.07) is 5.21. The summed E-state index contributed by atoms with van der Waals surface area (Å²) in [4.78, 5) is 12.1. The molecule has 0 bridgehead atoms. The van der Waals surface area contributed by atoms with Crippen LogP contribution < -0.4 is 10.6 Å². The van der Waals surface area contributed by atoms with E-state index in [0.29, 0.717) is 37.0 Å². The molecule has 0 aliphatic rings. The molecule has 2 N–H and O–H groups in total. The molecular weight excluding hydrogens is 292 g/mol. The number of methoxy groups -OCH3 is 1. The zero-order chi connectivity index (χ0) is 15.5. The minimum absolute atomic E-state index is 0.123. The monoisotopic (exact) mass is 314 g/mol. The van der Waals surface area contributed by atoms with Gasteiger partial charge in [0, 0.05) is 38.0 Å². The van der Waals surface area contributed by atoms with Gasteiger partial charge in [0.15, 0.2) is 0 Å². The van der Waals surface area contributed by atoms with E-state index in [-0.39, 0.29) is 5.91 Å². The highest BCUT2D eigenvalue weighted by Crippen LogP contribution is 2.20. The molecular formula is C15H23ClN2O3. The molecule has 0 aliphatic heterocycles. The van der Waals surface area contributed by atoms with E-state index in [1.54, 1.807) is 32.4 Å². The van der Waals surface area contributed by atoms with Gasteiger partial charge in [0.25, 0.3) is 5.91 Å². The first kappa shape index (κ1) is 17.8. The van der Waals surface area contributed by atoms with Crippen molar-refractivity contribution in [2.24, 2.45) is 0 Å². The van der Waals surface area contributed by atoms with Gasteiger partial charge in [0.1, 0.15) is 0 Å². The number of halogens is 1. The minimum atomic E-state index is -0.123. The van der Waals surface area contributed by atoms with Crippen LogP contribution in [0.2, 0.25) is 5.02 Å². The van der Waals surface area contributed by atoms with Gasteiger partial charge in [-0.2, -0.15) is 0 Å². The second kappa shape index (κ2) is 10.4. The van der Waals surface area contributed by atoms with Gasteiger partial charge in [-0.3, -0.25) is 4.79 Å². The molecule has 1 aromatic rings. The van der Waals surface area contributed by atoms with Crippen LogP contribution in [-0.2, 0) is 9.47 Å². The molecule has 1 rings (SSSR count). The van der Waals surface area contributed by atoms with Gasteiger partial charge in [-0.25, -0.2) is 0 Å². The number of amides is 1. The van der Waals surface area contributed by atoms with Crippen molar-refractivity contribution in [3.05, 3.63) is 28.8 Å². The van der Waals surface area contributed by atoms with Gasteiger partial charge in [-0.1, -0.05) is 11.6 Å². The van der Waals surface area contributed by atoms with Crippen LogP contribution in [0.3, 0.4) is 0 Å². The molecule has 0 atom stereocenters. The van der Waals surface area contributed by atoms with E-state index in [4.69, 9.17) is 21.1 Å². The highest BCUT2D eigenvalue weighted by atomic mass is 35.5. The maximum Gasteiger partial charge on any atom is 0.253 e. The van der Waals surface area contributed by atoms with Gasteiger partial charge in [-0.15, -0.1) is 0 Å². The van der Waals surface area contributed by atoms with Crippen LogP contribution in [0, 0.1) is 0 Å². The van der Waals surface area contributed by atoms with E-state index < -0.39 is 0 Å². The summed E-state index contributed by atoms with van der Waals surface area (Å²) in [6.45, 7) is 2.51. The lowest BCUT2D eigenvalue weighted by atomic mass is 10.1. The van der Waals surface area contributed by atoms with Crippen molar-refractivity contribution in [1.82, 2.24) is 5.32 Å². The largest absolute Gasteiger partial charge is 0.387 e. The van der Waals surface area contributed by atoms with Crippen LogP contribution in [0.5, 0.6) is 0 Å². The van der Waals surface area contributed by atoms with Crippen molar-refractivity contribution in [3.63, 3.8) is 0 Å². The fourth-order valence-corrected chi connectivity index (χ4v) is 1.97. The number of ether oxygens (including phenoxy) is 2. The van der Waals surface area contributed by atoms with Crippen LogP contribution >= 0.6 is 11.6 Å². The topological polar surface area (TPSA) is 59.6 Å². The quantitative estimate of drug-likeness (QED) is 0.652. The van der Waals surface area contributed by atoms with Crippen molar-refractivity contribution in [3.8, 4) is 0 Å². The molecule has 0 unspecified atom stereocenters. The second-order valence-electron chi connectivity index (χ2n) is 4.51. The Bertz CT molecular complexity index is 441. The molecule has 0 heterocycles. The Morgan fingerprint density at radius 1 is 1.24 bits per heavy atom. The summed E-state index contributed by atoms with van der Waals surface area (Å²) >= 11 is 5.93. The van der Waals surface area contributed by atoms with Crippen LogP contribution in [0.4, 0.5) is 5.69 Å². The molecule has 0 saturated carbocycles. The standard InChI is InChI=1S/C15H23ClN2O3/c1-17-14-6-5-12(16)11-13(14)15(19)18-7-3-4-8-21-10-9-20-2/h5-6,11,17H,3-4,7-10H2,1-2H3,(H,18,19). The van der Waals surface area contributed by atoms with Crippen molar-refractivity contribution in [1.29, 1.82) is 0 Å². The van der Waals surface area contributed by atoms with Gasteiger partial charge in [0.05, 0.1) is 18.8 Å². The SMILES string of the molecule is CNc1ccc(Cl)cc1C(=O)NCCCCOCCOC. The lowest BCUT2D eigenvalue weighted by Gasteiger charge is -2.10. The number of rotatable bonds is 10. The van der Waals surface area contributed by atoms with Crippen molar-refractivity contribution in [2.75, 3.05) is 45.8 Å². The van der Waals surface area contributed by atoms with E-state index >= 15 is 0 Å². The third-order valence-electron chi connectivity index (χ3n) is 2.93. The van der Waals surface area contributed by atoms with E-state index in [0.717, 1.165) is 18.5 Å². The molecule has 6 heteroatoms. The van der Waals surface area contributed by atoms with Crippen molar-refractivity contribution in [2.45, 2.75) is 12.8 Å². The lowest BCUT2D eigenvalue weighted by molar-refractivity contribution is 0.0686. The Morgan fingerprint density at radius 3 is 2.76 bits per heavy atom. The number of hydrogen-bond acceptors (Lipinski definition) is 4. The van der Waals surface area contributed by atoms with Crippen molar-refractivity contribution >= 4 is 23.2 Å². The Morgan fingerprint density at radius 2 is 2.05 bits per heavy atom. The molecule has 0 fully saturated rings. The minimum Gasteiger partial charge on any atom is -0.387 e. The molecule has 5 nitrogen and oxygen atoms in total. The number of carbonyl (C=O) groups excluding carboxylic acids is 1. The highest BCUT2D eigenvalue weighted by Gasteiger charge is 2.10. The van der Waals surface area contributed by atoms with Crippen LogP contribution in [0.25, 0.3) is 0 Å². The molecule has 0 aliphatic carbocycles. The van der Waals surface area contributed by atoms with Gasteiger partial charge in [-0.05, 0) is 31.0 Å². The number of anilines is 1. The molecule has 0 spiro atoms. The van der Waals surface area contributed by atoms with Gasteiger partial charge in [0.2, 0.25) is 0 Å². The fourth-order valence-electron chi connectivity index (χ4n) is 1.79. The van der Waals surface area contributed by atoms with E-state index in [2.05, 4.69) is 10.6 Å². The van der Waals surface area contributed by atoms with Crippen molar-refractivity contribution < 1.29 is 14.3 Å². The number of nitrogens with one attached hydrogen (secondary N) is 2. The molecule has 0 aromatic heterocycles. The van der Waals surface area contributed by atoms with Crippen LogP contribution in [0.1, 0.15) is 23.2 Å². The lowest BCUT2D eigenvalue weighted by Crippen LogP contribution is -2.25. The normalized spacial score (nSPS) is 10.4. The smallest absolute Gasteiger partial charge is 0.253 e. The summed E-state index contributed by atoms with van der Waals surface area (Å²) in [6.07, 6.45) is 1.77. The third kappa shape index (κ3) is 6.80. The number of unbranched alkanes of at least 4 members (excludes halogenated alkanes) is 1. The fraction of sp³-hybridized carbons (Fsp3) is 0.533. The number of carbonyl (C=O) groups is 1. The maximum absolute atomic E-state index is 12.1. The molecule has 1 amide bonds. The first-order valence-corrected chi connectivity index (χ1v) is 7.39. The summed E-state index contributed by atoms with van der Waals surface area (Å²) in [5, 5.41) is 6.41. The average Bonchev–Trinajstić information content (AvgIpc) is 2.49. The first-order chi connectivity index (χ1) is 10.2. The molecule has 0 saturated heterocycles. The summed E-state index contributed by atoms with van der Waals surface area (Å²) in [5.74, 6) is -0.123. The Hall–Kier alpha value is -1.30. The summed E-state index contributed by atoms with van der Waals surface area (Å²) < 4.78 is 10.2. The molecule has 118 valence electrons. The maximum atomic E-state index is 12.1. The third-order valence-corrected chi connectivity index (χ3v) is 3.16. The Balaban J connectivity index is 2.26. The molecule has 1 aromatic carbocycles. The summed E-state index contributed by atoms with van der Waals surface area (Å²) in [7, 11) is 3.42. The van der Waals surface area contributed by atoms with E-state index in [9.17, 15) is 4.79 Å². The average molecular weight is 315 g/mol. The zero-order valence-corrected chi connectivity index (χ0v) is 13.3. The number of benzene rings is 1. The molecule has 21 heavy (non-hydrogen) atoms. The van der Waals surface area contributed by atoms with Gasteiger partial charge >= 0.3 is 0 Å². The van der Waals surface area contributed by atoms with E-state index in [1.807, 2.05) is 0 Å². The van der Waals surface area contributed by atoms with Crippen LogP contribution in [0.15, 0.2) is 18.2 Å². The predicted molar refractivity (Wildman–Crippen MR) is 85.3 cm³/mol. The second-order valence-corrected chi connectivity index (χ2v) is 4.94. The summed E-state index contributed by atoms with van der Waals surface area (Å²) in [5.41, 5.74) is 1.32. The predicted octanol–water partition coefficient (Wildman–Crippen LogP) is 2.55. The first-order valence-electron chi connectivity index (χ1n) is 7.01.